The largest absolute Gasteiger partial charge is 0.427 e. The van der Waals surface area contributed by atoms with E-state index in [0.717, 1.165) is 18.6 Å². The summed E-state index contributed by atoms with van der Waals surface area (Å²) in [4.78, 5) is 16.6. The van der Waals surface area contributed by atoms with Gasteiger partial charge in [-0.25, -0.2) is 0 Å². The zero-order valence-corrected chi connectivity index (χ0v) is 16.2. The van der Waals surface area contributed by atoms with E-state index in [9.17, 15) is 9.90 Å². The zero-order valence-electron chi connectivity index (χ0n) is 16.2. The van der Waals surface area contributed by atoms with Gasteiger partial charge in [-0.05, 0) is 39.8 Å². The summed E-state index contributed by atoms with van der Waals surface area (Å²) in [6.07, 6.45) is 0. The first kappa shape index (κ1) is 20.9. The first-order chi connectivity index (χ1) is 12.1. The van der Waals surface area contributed by atoms with Gasteiger partial charge < -0.3 is 19.8 Å². The van der Waals surface area contributed by atoms with Gasteiger partial charge in [0.2, 0.25) is 0 Å². The van der Waals surface area contributed by atoms with Crippen LogP contribution in [-0.4, -0.2) is 83.9 Å². The third kappa shape index (κ3) is 5.30. The summed E-state index contributed by atoms with van der Waals surface area (Å²) in [6, 6.07) is 7.29. The quantitative estimate of drug-likeness (QED) is 0.681. The molecule has 0 aliphatic carbocycles. The van der Waals surface area contributed by atoms with Crippen LogP contribution in [0.25, 0.3) is 0 Å². The first-order valence-corrected chi connectivity index (χ1v) is 9.10. The summed E-state index contributed by atoms with van der Waals surface area (Å²) in [5.74, 6) is 0.0259. The van der Waals surface area contributed by atoms with Gasteiger partial charge >= 0.3 is 7.48 Å². The minimum atomic E-state index is -0.975. The number of benzene rings is 1. The minimum absolute atomic E-state index is 0.0259. The fraction of sp³-hybridized carbons (Fsp3) is 0.632. The molecule has 0 spiro atoms. The Labute approximate surface area is 157 Å². The van der Waals surface area contributed by atoms with Crippen molar-refractivity contribution in [3.63, 3.8) is 0 Å². The maximum atomic E-state index is 12.6. The van der Waals surface area contributed by atoms with Crippen molar-refractivity contribution in [2.45, 2.75) is 38.9 Å². The van der Waals surface area contributed by atoms with Gasteiger partial charge in [-0.2, -0.15) is 0 Å². The highest BCUT2D eigenvalue weighted by atomic mass is 16.5. The molecule has 0 unspecified atom stereocenters. The van der Waals surface area contributed by atoms with Crippen molar-refractivity contribution in [1.29, 1.82) is 0 Å². The molecule has 2 rings (SSSR count). The van der Waals surface area contributed by atoms with Gasteiger partial charge in [0, 0.05) is 38.3 Å². The molecule has 2 N–H and O–H groups in total. The molecule has 0 saturated carbocycles. The molecule has 26 heavy (non-hydrogen) atoms. The van der Waals surface area contributed by atoms with Crippen molar-refractivity contribution in [2.75, 3.05) is 39.3 Å². The Morgan fingerprint density at radius 2 is 1.69 bits per heavy atom. The number of nitrogens with zero attached hydrogens (tertiary/aromatic N) is 2. The van der Waals surface area contributed by atoms with Crippen LogP contribution in [-0.2, 0) is 4.65 Å². The van der Waals surface area contributed by atoms with E-state index in [1.54, 1.807) is 33.5 Å². The normalized spacial score (nSPS) is 16.6. The molecule has 1 radical (unpaired) electrons. The topological polar surface area (TPSA) is 73.2 Å². The van der Waals surface area contributed by atoms with E-state index >= 15 is 0 Å². The van der Waals surface area contributed by atoms with E-state index in [1.807, 2.05) is 30.9 Å². The predicted octanol–water partition coefficient (Wildman–Crippen LogP) is 0.247. The van der Waals surface area contributed by atoms with Crippen molar-refractivity contribution in [1.82, 2.24) is 9.80 Å². The maximum absolute atomic E-state index is 12.6. The average Bonchev–Trinajstić information content (AvgIpc) is 2.60. The molecule has 0 aromatic heterocycles. The number of hydrogen-bond acceptors (Lipinski definition) is 5. The average molecular weight is 361 g/mol. The van der Waals surface area contributed by atoms with Crippen LogP contribution in [0.15, 0.2) is 24.3 Å². The van der Waals surface area contributed by atoms with Gasteiger partial charge in [-0.15, -0.1) is 0 Å². The second-order valence-corrected chi connectivity index (χ2v) is 7.78. The standard InChI is InChI=1S/C19H30BN2O4/c1-18(2,25)19(3,4)26-20-16-7-5-15(6-8-16)17(24)22-11-9-21(10-12-22)13-14-23/h5-8,23,25H,9-14H2,1-4H3. The Hall–Kier alpha value is -1.41. The molecule has 1 fully saturated rings. The van der Waals surface area contributed by atoms with Crippen molar-refractivity contribution in [3.05, 3.63) is 29.8 Å². The van der Waals surface area contributed by atoms with Gasteiger partial charge in [-0.1, -0.05) is 17.6 Å². The van der Waals surface area contributed by atoms with E-state index in [2.05, 4.69) is 4.90 Å². The molecular weight excluding hydrogens is 331 g/mol. The van der Waals surface area contributed by atoms with E-state index in [4.69, 9.17) is 9.76 Å². The lowest BCUT2D eigenvalue weighted by Gasteiger charge is -2.37. The van der Waals surface area contributed by atoms with Crippen LogP contribution in [0.5, 0.6) is 0 Å². The smallest absolute Gasteiger partial charge is 0.330 e. The molecule has 1 aromatic rings. The fourth-order valence-corrected chi connectivity index (χ4v) is 2.56. The lowest BCUT2D eigenvalue weighted by atomic mass is 9.82. The van der Waals surface area contributed by atoms with Crippen LogP contribution in [0, 0.1) is 0 Å². The molecule has 1 saturated heterocycles. The summed E-state index contributed by atoms with van der Waals surface area (Å²) < 4.78 is 5.74. The monoisotopic (exact) mass is 361 g/mol. The molecule has 1 aromatic carbocycles. The van der Waals surface area contributed by atoms with Crippen LogP contribution in [0.2, 0.25) is 0 Å². The van der Waals surface area contributed by atoms with Gasteiger partial charge in [-0.3, -0.25) is 9.69 Å². The molecule has 1 aliphatic heterocycles. The molecular formula is C19H30BN2O4. The maximum Gasteiger partial charge on any atom is 0.330 e. The van der Waals surface area contributed by atoms with Gasteiger partial charge in [0.05, 0.1) is 17.8 Å². The Bertz CT molecular complexity index is 591. The number of piperazine rings is 1. The second kappa shape index (κ2) is 8.52. The highest BCUT2D eigenvalue weighted by Crippen LogP contribution is 2.24. The Morgan fingerprint density at radius 3 is 2.19 bits per heavy atom. The summed E-state index contributed by atoms with van der Waals surface area (Å²) in [5.41, 5.74) is -0.209. The summed E-state index contributed by atoms with van der Waals surface area (Å²) in [5, 5.41) is 19.1. The molecule has 7 heteroatoms. The molecule has 1 aliphatic rings. The van der Waals surface area contributed by atoms with Crippen LogP contribution < -0.4 is 5.46 Å². The number of aliphatic hydroxyl groups excluding tert-OH is 1. The molecule has 0 bridgehead atoms. The van der Waals surface area contributed by atoms with Crippen LogP contribution in [0.1, 0.15) is 38.1 Å². The minimum Gasteiger partial charge on any atom is -0.427 e. The predicted molar refractivity (Wildman–Crippen MR) is 103 cm³/mol. The molecule has 0 atom stereocenters. The van der Waals surface area contributed by atoms with Crippen molar-refractivity contribution in [2.24, 2.45) is 0 Å². The lowest BCUT2D eigenvalue weighted by Crippen LogP contribution is -2.49. The SMILES string of the molecule is CC(C)(O)C(C)(C)O[B]c1ccc(C(=O)N2CCN(CCO)CC2)cc1. The van der Waals surface area contributed by atoms with Crippen LogP contribution >= 0.6 is 0 Å². The first-order valence-electron chi connectivity index (χ1n) is 9.10. The number of amides is 1. The number of rotatable bonds is 7. The fourth-order valence-electron chi connectivity index (χ4n) is 2.56. The molecule has 1 heterocycles. The van der Waals surface area contributed by atoms with Crippen molar-refractivity contribution in [3.8, 4) is 0 Å². The highest BCUT2D eigenvalue weighted by Gasteiger charge is 2.35. The third-order valence-corrected chi connectivity index (χ3v) is 5.20. The second-order valence-electron chi connectivity index (χ2n) is 7.78. The van der Waals surface area contributed by atoms with E-state index in [-0.39, 0.29) is 12.5 Å². The molecule has 1 amide bonds. The number of hydrogen-bond donors (Lipinski definition) is 2. The molecule has 6 nitrogen and oxygen atoms in total. The van der Waals surface area contributed by atoms with E-state index in [1.165, 1.54) is 0 Å². The van der Waals surface area contributed by atoms with E-state index in [0.29, 0.717) is 25.2 Å². The number of carbonyl (C=O) groups excluding carboxylic acids is 1. The number of carbonyl (C=O) groups is 1. The Morgan fingerprint density at radius 1 is 1.12 bits per heavy atom. The van der Waals surface area contributed by atoms with Crippen molar-refractivity contribution >= 4 is 18.9 Å². The van der Waals surface area contributed by atoms with Crippen LogP contribution in [0.4, 0.5) is 0 Å². The Kier molecular flexibility index (Phi) is 6.85. The van der Waals surface area contributed by atoms with Gasteiger partial charge in [0.25, 0.3) is 5.91 Å². The number of aliphatic hydroxyl groups is 2. The Balaban J connectivity index is 1.90. The summed E-state index contributed by atoms with van der Waals surface area (Å²) in [7, 11) is 1.61. The zero-order chi connectivity index (χ0) is 19.4. The van der Waals surface area contributed by atoms with Gasteiger partial charge in [0.15, 0.2) is 0 Å². The van der Waals surface area contributed by atoms with Gasteiger partial charge in [0.1, 0.15) is 0 Å². The summed E-state index contributed by atoms with van der Waals surface area (Å²) in [6.45, 7) is 10.8. The third-order valence-electron chi connectivity index (χ3n) is 5.20. The van der Waals surface area contributed by atoms with Crippen molar-refractivity contribution < 1.29 is 19.7 Å². The number of β-amino-alcohol motifs (C(OH)–C–C–N with tert-alkyl or cyclic N) is 1. The molecule has 143 valence electrons. The highest BCUT2D eigenvalue weighted by molar-refractivity contribution is 6.47. The van der Waals surface area contributed by atoms with E-state index < -0.39 is 11.2 Å². The lowest BCUT2D eigenvalue weighted by molar-refractivity contribution is -0.0893. The van der Waals surface area contributed by atoms with Crippen LogP contribution in [0.3, 0.4) is 0 Å². The summed E-state index contributed by atoms with van der Waals surface area (Å²) >= 11 is 0.